The average molecular weight is 1180 g/mol. The molecule has 83 heavy (non-hydrogen) atoms. The van der Waals surface area contributed by atoms with Crippen molar-refractivity contribution in [2.75, 3.05) is 92.6 Å². The standard InChI is InChI=1S/C15H22N2O3.C12H23NO3.C8H10N2O2.C7H7N.C5H12N2O2.C5H10N2O.C5H11NO2.H3N.H2O/c1-10(2)13(18)15(3,4)17-12-7-5-11(6-8-12)9-20-14(16)19;1-9(2)10(14)12(3,4)7-6-8-13(5)11(15)16;9-7-3-1-6(2-4-7)5-12-8(10)11;1-6-2-4-7(8)5-3-6;1-6-3-4-7(2)5(6,8)9;1-6-3-4-7(2)5(6)8;1-3-4-6(2)5(7)8;;/h5-8,10,17H,9H2,1-4H3,(H2,16,19);9H,6-8H2,1-5H3,(H,15,16);1-4H,5,9H2,(H2,10,11);2-5,8H,1H2;8-9H,3-4H2,1-2H3;3-4H2,1-2H3;3-4H2,1-2H3,(H,7,8);1H3;1H2/i;;;;8D;;;;/hD6. The molecule has 1 aliphatic carbocycles. The first-order chi connectivity index (χ1) is 42.0. The SMILES string of the molecule is C=C1C=CC(=N)C=C1.CN1CCN(C)C1=O.[2H]N.[2H]NC(=O)OCc1ccc(N)cc1.[2H]NC(=O)OCc1ccc(NC(C)(C)C(=O)C(C)C)cc1.[2H]O.[2H]OC(=O)N(C)CCC.[2H]OC(=O)N(C)CCCC(C)(C)C(=O)C(C)C.[2H]OC1(O)N(C)CCN1C. The van der Waals surface area contributed by atoms with E-state index in [0.29, 0.717) is 37.6 Å². The van der Waals surface area contributed by atoms with Crippen LogP contribution in [0.5, 0.6) is 0 Å². The van der Waals surface area contributed by atoms with Gasteiger partial charge in [-0.2, -0.15) is 0 Å². The number of allylic oxidation sites excluding steroid dienone is 5. The normalized spacial score (nSPS) is 14.8. The van der Waals surface area contributed by atoms with Crippen LogP contribution in [0.25, 0.3) is 2.86 Å². The number of ether oxygens (including phenoxy) is 2. The zero-order valence-corrected chi connectivity index (χ0v) is 51.2. The molecular weight excluding hydrogens is 1080 g/mol. The lowest BCUT2D eigenvalue weighted by molar-refractivity contribution is -0.306. The predicted octanol–water partition coefficient (Wildman–Crippen LogP) is 6.66. The third-order valence-electron chi connectivity index (χ3n) is 12.1. The Morgan fingerprint density at radius 3 is 1.54 bits per heavy atom. The van der Waals surface area contributed by atoms with E-state index < -0.39 is 35.9 Å². The van der Waals surface area contributed by atoms with Gasteiger partial charge in [0.25, 0.3) is 8.90 Å². The van der Waals surface area contributed by atoms with Crippen LogP contribution in [-0.4, -0.2) is 198 Å². The summed E-state index contributed by atoms with van der Waals surface area (Å²) in [5, 5.41) is 31.5. The fourth-order valence-corrected chi connectivity index (χ4v) is 7.09. The van der Waals surface area contributed by atoms with Gasteiger partial charge in [0.2, 0.25) is 2.86 Å². The van der Waals surface area contributed by atoms with Crippen LogP contribution in [0.15, 0.2) is 85.0 Å². The fraction of sp³-hybridized carbons (Fsp3) is 0.544. The number of hydrogen-bond acceptors (Lipinski definition) is 19. The van der Waals surface area contributed by atoms with Gasteiger partial charge in [0.15, 0.2) is 8.61 Å². The molecular formula is C57H100N12O14. The number of benzene rings is 2. The van der Waals surface area contributed by atoms with E-state index in [1.165, 1.54) is 9.80 Å². The number of aliphatic hydroxyl groups is 2. The second-order valence-corrected chi connectivity index (χ2v) is 21.0. The van der Waals surface area contributed by atoms with E-state index in [4.69, 9.17) is 31.3 Å². The number of carbonyl (C=O) groups excluding carboxylic acids is 5. The highest BCUT2D eigenvalue weighted by atomic mass is 16.6. The number of likely N-dealkylation sites (N-methyl/N-ethyl adjacent to an activating group) is 4. The number of carbonyl (C=O) groups is 7. The van der Waals surface area contributed by atoms with Crippen LogP contribution >= 0.6 is 0 Å². The molecule has 2 aromatic carbocycles. The number of rotatable bonds is 17. The van der Waals surface area contributed by atoms with Gasteiger partial charge in [-0.3, -0.25) is 9.59 Å². The minimum atomic E-state index is -1.51. The van der Waals surface area contributed by atoms with Crippen LogP contribution in [0.1, 0.15) is 94.1 Å². The molecule has 0 bridgehead atoms. The summed E-state index contributed by atoms with van der Waals surface area (Å²) >= 11 is 0. The van der Waals surface area contributed by atoms with Gasteiger partial charge >= 0.3 is 30.4 Å². The lowest BCUT2D eigenvalue weighted by Crippen LogP contribution is -2.50. The molecule has 17 N–H and O–H groups in total. The van der Waals surface area contributed by atoms with Gasteiger partial charge in [0, 0.05) is 96.1 Å². The first-order valence-electron chi connectivity index (χ1n) is 29.4. The van der Waals surface area contributed by atoms with Crippen LogP contribution in [0.4, 0.5) is 35.3 Å². The van der Waals surface area contributed by atoms with E-state index in [-0.39, 0.29) is 48.1 Å². The molecule has 2 fully saturated rings. The van der Waals surface area contributed by atoms with E-state index >= 15 is 0 Å². The Labute approximate surface area is 501 Å². The number of nitrogens with two attached hydrogens (primary N) is 3. The topological polar surface area (TPSA) is 419 Å². The van der Waals surface area contributed by atoms with E-state index in [1.807, 2.05) is 101 Å². The molecule has 2 aliphatic heterocycles. The molecule has 2 aromatic rings. The molecule has 26 heteroatoms. The number of amides is 6. The number of urea groups is 1. The van der Waals surface area contributed by atoms with Gasteiger partial charge in [-0.1, -0.05) is 91.5 Å². The maximum Gasteiger partial charge on any atom is 0.407 e. The lowest BCUT2D eigenvalue weighted by Gasteiger charge is -2.28. The number of anilines is 2. The van der Waals surface area contributed by atoms with E-state index in [2.05, 4.69) is 38.1 Å². The molecule has 0 saturated carbocycles. The summed E-state index contributed by atoms with van der Waals surface area (Å²) < 4.78 is 51.8. The van der Waals surface area contributed by atoms with Crippen LogP contribution in [0.2, 0.25) is 4.24 Å². The zero-order chi connectivity index (χ0) is 70.5. The number of nitrogens with zero attached hydrogens (tertiary/aromatic N) is 6. The molecule has 26 nitrogen and oxygen atoms in total. The van der Waals surface area contributed by atoms with Crippen molar-refractivity contribution in [3.63, 3.8) is 0 Å². The number of nitrogens with one attached hydrogen (secondary N) is 2. The van der Waals surface area contributed by atoms with Crippen LogP contribution in [-0.2, 0) is 32.3 Å². The van der Waals surface area contributed by atoms with Crippen molar-refractivity contribution >= 4 is 59.1 Å². The highest BCUT2D eigenvalue weighted by Gasteiger charge is 2.39. The summed E-state index contributed by atoms with van der Waals surface area (Å²) in [5.41, 5.74) is 18.6. The molecule has 5 rings (SSSR count). The van der Waals surface area contributed by atoms with Gasteiger partial charge in [0.1, 0.15) is 20.4 Å². The molecule has 0 radical (unpaired) electrons. The number of hydrogen-bond donors (Lipinski definition) is 10. The third-order valence-corrected chi connectivity index (χ3v) is 12.1. The summed E-state index contributed by atoms with van der Waals surface area (Å²) in [6, 6.07) is 12.8. The lowest BCUT2D eigenvalue weighted by atomic mass is 9.79. The van der Waals surface area contributed by atoms with E-state index in [9.17, 15) is 38.7 Å². The summed E-state index contributed by atoms with van der Waals surface area (Å²) in [4.78, 5) is 86.7. The molecule has 472 valence electrons. The average Bonchev–Trinajstić information content (AvgIpc) is 3.79. The van der Waals surface area contributed by atoms with Gasteiger partial charge in [-0.05, 0) is 100 Å². The van der Waals surface area contributed by atoms with Crippen LogP contribution in [0, 0.1) is 22.7 Å². The highest BCUT2D eigenvalue weighted by Crippen LogP contribution is 2.27. The van der Waals surface area contributed by atoms with E-state index in [0.717, 1.165) is 54.7 Å². The summed E-state index contributed by atoms with van der Waals surface area (Å²) in [6.45, 7) is 25.3. The van der Waals surface area contributed by atoms with Crippen molar-refractivity contribution < 1.29 is 74.6 Å². The summed E-state index contributed by atoms with van der Waals surface area (Å²) in [5.74, 6) is 0.370. The maximum absolute atomic E-state index is 12.1. The zero-order valence-electron chi connectivity index (χ0n) is 58.2. The fourth-order valence-electron chi connectivity index (χ4n) is 7.09. The van der Waals surface area contributed by atoms with Crippen molar-refractivity contribution in [1.29, 1.82) is 9.70 Å². The Bertz CT molecular complexity index is 2440. The Morgan fingerprint density at radius 2 is 1.20 bits per heavy atom. The molecule has 0 spiro atoms. The summed E-state index contributed by atoms with van der Waals surface area (Å²) in [7, 11) is 10.2. The Balaban J connectivity index is -0.000000488. The minimum absolute atomic E-state index is 0.0286. The highest BCUT2D eigenvalue weighted by molar-refractivity contribution is 6.03. The molecule has 0 atom stereocenters. The van der Waals surface area contributed by atoms with Crippen molar-refractivity contribution in [3.05, 3.63) is 96.1 Å². The van der Waals surface area contributed by atoms with Crippen molar-refractivity contribution in [3.8, 4) is 0 Å². The second kappa shape index (κ2) is 40.6. The number of ketones is 2. The van der Waals surface area contributed by atoms with Crippen molar-refractivity contribution in [2.45, 2.75) is 106 Å². The molecule has 2 saturated heterocycles. The largest absolute Gasteiger partial charge is 0.465 e. The van der Waals surface area contributed by atoms with Crippen LogP contribution in [0.3, 0.4) is 0 Å². The Morgan fingerprint density at radius 1 is 0.783 bits per heavy atom. The monoisotopic (exact) mass is 1180 g/mol. The minimum Gasteiger partial charge on any atom is -0.465 e. The van der Waals surface area contributed by atoms with Gasteiger partial charge in [-0.15, -0.1) is 0 Å². The second-order valence-electron chi connectivity index (χ2n) is 21.0. The maximum atomic E-state index is 12.1. The first-order valence-corrected chi connectivity index (χ1v) is 26.2. The predicted molar refractivity (Wildman–Crippen MR) is 325 cm³/mol. The van der Waals surface area contributed by atoms with Crippen molar-refractivity contribution in [1.82, 2.24) is 35.5 Å². The molecule has 6 amide bonds. The first kappa shape index (κ1) is 67.9. The number of Topliss-reactive ketones (excluding diaryl/α,β-unsaturated/α-hetero) is 2. The molecule has 0 aromatic heterocycles. The van der Waals surface area contributed by atoms with Crippen molar-refractivity contribution in [2.24, 2.45) is 28.7 Å². The summed E-state index contributed by atoms with van der Waals surface area (Å²) in [6.07, 6.45) is 10.3. The molecule has 0 unspecified atom stereocenters. The molecule has 3 aliphatic rings. The van der Waals surface area contributed by atoms with Gasteiger partial charge < -0.3 is 89.0 Å². The Hall–Kier alpha value is -7.62. The number of primary amides is 2. The third kappa shape index (κ3) is 35.1. The number of carboxylic acid groups (broad SMARTS) is 2. The van der Waals surface area contributed by atoms with E-state index in [1.54, 1.807) is 108 Å². The Kier molecular flexibility index (Phi) is 33.2. The number of nitrogen functional groups attached to an aromatic ring is 1. The molecule has 2 heterocycles. The van der Waals surface area contributed by atoms with Gasteiger partial charge in [0.05, 0.1) is 11.3 Å². The van der Waals surface area contributed by atoms with Gasteiger partial charge in [-0.25, -0.2) is 33.8 Å². The van der Waals surface area contributed by atoms with Crippen LogP contribution < -0.4 is 28.6 Å². The smallest absolute Gasteiger partial charge is 0.407 e. The quantitative estimate of drug-likeness (QED) is 0.0584.